The molecule has 0 N–H and O–H groups in total. The van der Waals surface area contributed by atoms with E-state index in [0.717, 1.165) is 35.6 Å². The highest BCUT2D eigenvalue weighted by atomic mass is 32.1. The van der Waals surface area contributed by atoms with Crippen molar-refractivity contribution in [3.8, 4) is 35.4 Å². The van der Waals surface area contributed by atoms with Crippen LogP contribution in [-0.2, 0) is 0 Å². The summed E-state index contributed by atoms with van der Waals surface area (Å²) in [7, 11) is 0. The molecule has 0 radical (unpaired) electrons. The minimum atomic E-state index is 0.297. The third-order valence-corrected chi connectivity index (χ3v) is 9.94. The Morgan fingerprint density at radius 1 is 0.650 bits per heavy atom. The molecule has 0 unspecified atom stereocenters. The van der Waals surface area contributed by atoms with Crippen molar-refractivity contribution >= 4 is 23.5 Å². The molecule has 6 aliphatic heterocycles. The first-order chi connectivity index (χ1) is 19.8. The summed E-state index contributed by atoms with van der Waals surface area (Å²) < 4.78 is 29.9. The number of fused-ring (bicyclic) bond motifs is 6. The number of rotatable bonds is 6. The van der Waals surface area contributed by atoms with Gasteiger partial charge >= 0.3 is 0 Å². The molecule has 206 valence electrons. The molecule has 6 saturated heterocycles. The van der Waals surface area contributed by atoms with Crippen LogP contribution < -0.4 is 9.47 Å². The molecule has 0 aliphatic carbocycles. The van der Waals surface area contributed by atoms with Crippen molar-refractivity contribution in [3.05, 3.63) is 46.8 Å². The van der Waals surface area contributed by atoms with Crippen molar-refractivity contribution in [1.82, 2.24) is 27.3 Å². The summed E-state index contributed by atoms with van der Waals surface area (Å²) in [5, 5.41) is 0. The smallest absolute Gasteiger partial charge is 0.250 e. The summed E-state index contributed by atoms with van der Waals surface area (Å²) in [6, 6.07) is 7.93. The Morgan fingerprint density at radius 2 is 1.07 bits per heavy atom. The Kier molecular flexibility index (Phi) is 7.67. The normalized spacial score (nSPS) is 28.3. The van der Waals surface area contributed by atoms with E-state index >= 15 is 0 Å². The molecule has 4 bridgehead atoms. The van der Waals surface area contributed by atoms with E-state index in [2.05, 4.69) is 51.0 Å². The zero-order valence-corrected chi connectivity index (χ0v) is 24.1. The molecule has 6 fully saturated rings. The Labute approximate surface area is 243 Å². The molecule has 9 rings (SSSR count). The van der Waals surface area contributed by atoms with Gasteiger partial charge in [-0.25, -0.2) is 0 Å². The number of piperidine rings is 6. The van der Waals surface area contributed by atoms with E-state index < -0.39 is 0 Å². The van der Waals surface area contributed by atoms with Gasteiger partial charge in [-0.1, -0.05) is 23.7 Å². The van der Waals surface area contributed by atoms with Crippen LogP contribution in [0.4, 0.5) is 0 Å². The Balaban J connectivity index is 0.896. The number of benzene rings is 1. The highest BCUT2D eigenvalue weighted by Gasteiger charge is 2.39. The number of ether oxygens (including phenoxy) is 2. The second-order valence-electron chi connectivity index (χ2n) is 11.2. The Morgan fingerprint density at radius 3 is 1.45 bits per heavy atom. The second kappa shape index (κ2) is 11.8. The molecule has 1 aromatic carbocycles. The summed E-state index contributed by atoms with van der Waals surface area (Å²) in [6.45, 7) is 7.58. The molecule has 0 saturated carbocycles. The molecule has 8 heterocycles. The van der Waals surface area contributed by atoms with Crippen LogP contribution >= 0.6 is 23.5 Å². The lowest BCUT2D eigenvalue weighted by Crippen LogP contribution is -2.46. The topological polar surface area (TPSA) is 76.5 Å². The fourth-order valence-electron chi connectivity index (χ4n) is 6.70. The molecule has 40 heavy (non-hydrogen) atoms. The molecule has 8 nitrogen and oxygen atoms in total. The summed E-state index contributed by atoms with van der Waals surface area (Å²) in [5.74, 6) is 16.2. The first kappa shape index (κ1) is 25.9. The van der Waals surface area contributed by atoms with Gasteiger partial charge in [-0.3, -0.25) is 0 Å². The number of hydrogen-bond donors (Lipinski definition) is 0. The predicted octanol–water partition coefficient (Wildman–Crippen LogP) is 3.87. The molecule has 10 heteroatoms. The van der Waals surface area contributed by atoms with Gasteiger partial charge in [0.2, 0.25) is 11.8 Å². The molecular formula is C30H32N6O2S2. The lowest BCUT2D eigenvalue weighted by molar-refractivity contribution is 0.0843. The molecule has 2 atom stereocenters. The van der Waals surface area contributed by atoms with E-state index in [4.69, 9.17) is 9.47 Å². The third-order valence-electron chi connectivity index (χ3n) is 8.89. The summed E-state index contributed by atoms with van der Waals surface area (Å²) >= 11 is 2.48. The molecule has 0 amide bonds. The van der Waals surface area contributed by atoms with E-state index in [1.54, 1.807) is 0 Å². The molecule has 6 aliphatic rings. The van der Waals surface area contributed by atoms with Crippen LogP contribution in [0.5, 0.6) is 11.8 Å². The standard InChI is InChI=1S/C30H32N6O2S2/c1(17-37-29-27(31-39-33-29)25-19-35-13-9-23(25)10-14-35)3-21-5-7-22(8-6-21)4-2-18-38-30-28(32-40-34-30)26-20-36-15-11-24(26)12-16-36/h5-8,23-26H,9-20H2/t25-,26-/m1/s1. The maximum Gasteiger partial charge on any atom is 0.250 e. The van der Waals surface area contributed by atoms with Gasteiger partial charge < -0.3 is 19.3 Å². The highest BCUT2D eigenvalue weighted by Crippen LogP contribution is 2.42. The van der Waals surface area contributed by atoms with Gasteiger partial charge in [0.1, 0.15) is 11.4 Å². The van der Waals surface area contributed by atoms with Gasteiger partial charge in [0, 0.05) is 36.1 Å². The maximum absolute atomic E-state index is 5.94. The second-order valence-corrected chi connectivity index (χ2v) is 12.2. The molecule has 2 aromatic heterocycles. The van der Waals surface area contributed by atoms with Crippen LogP contribution in [0.15, 0.2) is 24.3 Å². The van der Waals surface area contributed by atoms with E-state index in [-0.39, 0.29) is 0 Å². The first-order valence-electron chi connectivity index (χ1n) is 14.2. The SMILES string of the molecule is C(#Cc1ccc(C#CCOc2nsnc2[C@@H]2CN3CCC2CC3)cc1)COc1nsnc1[C@@H]1CN2CCC1CC2. The highest BCUT2D eigenvalue weighted by molar-refractivity contribution is 6.99. The van der Waals surface area contributed by atoms with Crippen molar-refractivity contribution < 1.29 is 9.47 Å². The van der Waals surface area contributed by atoms with Crippen molar-refractivity contribution in [2.45, 2.75) is 37.5 Å². The van der Waals surface area contributed by atoms with Crippen LogP contribution in [0.2, 0.25) is 0 Å². The lowest BCUT2D eigenvalue weighted by Gasteiger charge is -2.44. The summed E-state index contributed by atoms with van der Waals surface area (Å²) in [6.07, 6.45) is 5.00. The van der Waals surface area contributed by atoms with Crippen LogP contribution in [0.3, 0.4) is 0 Å². The fraction of sp³-hybridized carbons (Fsp3) is 0.533. The average molecular weight is 573 g/mol. The van der Waals surface area contributed by atoms with Crippen molar-refractivity contribution in [2.24, 2.45) is 11.8 Å². The van der Waals surface area contributed by atoms with Gasteiger partial charge in [-0.2, -0.15) is 8.75 Å². The van der Waals surface area contributed by atoms with Gasteiger partial charge in [0.05, 0.1) is 23.5 Å². The summed E-state index contributed by atoms with van der Waals surface area (Å²) in [4.78, 5) is 5.06. The predicted molar refractivity (Wildman–Crippen MR) is 155 cm³/mol. The van der Waals surface area contributed by atoms with Crippen LogP contribution in [-0.4, -0.2) is 79.8 Å². The van der Waals surface area contributed by atoms with E-state index in [1.165, 1.54) is 75.3 Å². The van der Waals surface area contributed by atoms with E-state index in [1.807, 2.05) is 24.3 Å². The molecular weight excluding hydrogens is 541 g/mol. The quantitative estimate of drug-likeness (QED) is 0.412. The van der Waals surface area contributed by atoms with E-state index in [0.29, 0.717) is 48.6 Å². The number of nitrogens with zero attached hydrogens (tertiary/aromatic N) is 6. The monoisotopic (exact) mass is 572 g/mol. The zero-order chi connectivity index (χ0) is 26.7. The fourth-order valence-corrected chi connectivity index (χ4v) is 7.82. The minimum Gasteiger partial charge on any atom is -0.463 e. The third kappa shape index (κ3) is 5.59. The largest absolute Gasteiger partial charge is 0.463 e. The average Bonchev–Trinajstić information content (AvgIpc) is 3.69. The molecule has 3 aromatic rings. The van der Waals surface area contributed by atoms with Gasteiger partial charge in [-0.05, 0) is 88.0 Å². The first-order valence-corrected chi connectivity index (χ1v) is 15.7. The summed E-state index contributed by atoms with van der Waals surface area (Å²) in [5.41, 5.74) is 3.90. The van der Waals surface area contributed by atoms with Gasteiger partial charge in [-0.15, -0.1) is 8.75 Å². The van der Waals surface area contributed by atoms with Crippen LogP contribution in [0.1, 0.15) is 60.0 Å². The van der Waals surface area contributed by atoms with Gasteiger partial charge in [0.25, 0.3) is 0 Å². The van der Waals surface area contributed by atoms with Crippen molar-refractivity contribution in [2.75, 3.05) is 52.5 Å². The van der Waals surface area contributed by atoms with Crippen molar-refractivity contribution in [1.29, 1.82) is 0 Å². The van der Waals surface area contributed by atoms with E-state index in [9.17, 15) is 0 Å². The Bertz CT molecular complexity index is 1320. The van der Waals surface area contributed by atoms with Crippen LogP contribution in [0, 0.1) is 35.5 Å². The minimum absolute atomic E-state index is 0.297. The van der Waals surface area contributed by atoms with Crippen molar-refractivity contribution in [3.63, 3.8) is 0 Å². The lowest BCUT2D eigenvalue weighted by atomic mass is 9.77. The maximum atomic E-state index is 5.94. The Hall–Kier alpha value is -3.02. The van der Waals surface area contributed by atoms with Gasteiger partial charge in [0.15, 0.2) is 13.2 Å². The van der Waals surface area contributed by atoms with Crippen LogP contribution in [0.25, 0.3) is 0 Å². The number of aromatic nitrogens is 4. The zero-order valence-electron chi connectivity index (χ0n) is 22.4. The number of hydrogen-bond acceptors (Lipinski definition) is 10. The molecule has 0 spiro atoms.